The van der Waals surface area contributed by atoms with Crippen LogP contribution in [-0.2, 0) is 24.4 Å². The highest BCUT2D eigenvalue weighted by Crippen LogP contribution is 2.31. The SMILES string of the molecule is Cc1cc2ccccc2n1-c1nc2c(c(NCc3ccccc3)n1)CN(C(=O)OC(C)(C)C)C2. The van der Waals surface area contributed by atoms with Crippen molar-refractivity contribution < 1.29 is 9.53 Å². The van der Waals surface area contributed by atoms with Gasteiger partial charge in [-0.1, -0.05) is 48.5 Å². The molecular formula is C27H29N5O2. The Morgan fingerprint density at radius 2 is 1.76 bits per heavy atom. The second-order valence-corrected chi connectivity index (χ2v) is 9.65. The summed E-state index contributed by atoms with van der Waals surface area (Å²) >= 11 is 0. The number of carbonyl (C=O) groups is 1. The van der Waals surface area contributed by atoms with Gasteiger partial charge in [0.25, 0.3) is 0 Å². The van der Waals surface area contributed by atoms with E-state index in [1.165, 1.54) is 0 Å². The fourth-order valence-corrected chi connectivity index (χ4v) is 4.28. The summed E-state index contributed by atoms with van der Waals surface area (Å²) in [4.78, 5) is 24.3. The van der Waals surface area contributed by atoms with Gasteiger partial charge in [0.05, 0.1) is 24.3 Å². The number of hydrogen-bond acceptors (Lipinski definition) is 5. The van der Waals surface area contributed by atoms with Crippen molar-refractivity contribution in [3.8, 4) is 5.95 Å². The highest BCUT2D eigenvalue weighted by Gasteiger charge is 2.32. The van der Waals surface area contributed by atoms with Gasteiger partial charge in [-0.2, -0.15) is 4.98 Å². The van der Waals surface area contributed by atoms with Crippen LogP contribution < -0.4 is 5.32 Å². The van der Waals surface area contributed by atoms with Gasteiger partial charge in [-0.3, -0.25) is 9.47 Å². The second kappa shape index (κ2) is 8.48. The maximum Gasteiger partial charge on any atom is 0.410 e. The van der Waals surface area contributed by atoms with Gasteiger partial charge >= 0.3 is 6.09 Å². The molecule has 174 valence electrons. The number of para-hydroxylation sites is 1. The highest BCUT2D eigenvalue weighted by molar-refractivity contribution is 5.82. The third-order valence-electron chi connectivity index (χ3n) is 5.82. The smallest absolute Gasteiger partial charge is 0.410 e. The largest absolute Gasteiger partial charge is 0.444 e. The molecule has 7 heteroatoms. The van der Waals surface area contributed by atoms with Gasteiger partial charge in [-0.15, -0.1) is 0 Å². The minimum absolute atomic E-state index is 0.344. The molecule has 2 aromatic heterocycles. The Hall–Kier alpha value is -3.87. The van der Waals surface area contributed by atoms with Gasteiger partial charge in [0.1, 0.15) is 11.4 Å². The van der Waals surface area contributed by atoms with E-state index in [9.17, 15) is 4.79 Å². The maximum absolute atomic E-state index is 12.8. The molecule has 2 aromatic carbocycles. The Bertz CT molecular complexity index is 1350. The molecule has 5 rings (SSSR count). The number of aromatic nitrogens is 3. The first-order valence-corrected chi connectivity index (χ1v) is 11.5. The van der Waals surface area contributed by atoms with Crippen LogP contribution in [0.4, 0.5) is 10.6 Å². The van der Waals surface area contributed by atoms with E-state index in [4.69, 9.17) is 14.7 Å². The molecule has 34 heavy (non-hydrogen) atoms. The summed E-state index contributed by atoms with van der Waals surface area (Å²) in [5, 5.41) is 4.63. The average Bonchev–Trinajstić information content (AvgIpc) is 3.37. The zero-order valence-electron chi connectivity index (χ0n) is 20.0. The monoisotopic (exact) mass is 455 g/mol. The fourth-order valence-electron chi connectivity index (χ4n) is 4.28. The van der Waals surface area contributed by atoms with Crippen LogP contribution in [0.5, 0.6) is 0 Å². The Morgan fingerprint density at radius 1 is 1.03 bits per heavy atom. The van der Waals surface area contributed by atoms with Gasteiger partial charge in [-0.05, 0) is 45.4 Å². The lowest BCUT2D eigenvalue weighted by Gasteiger charge is -2.24. The van der Waals surface area contributed by atoms with Crippen molar-refractivity contribution in [2.75, 3.05) is 5.32 Å². The molecule has 0 aliphatic carbocycles. The van der Waals surface area contributed by atoms with Crippen LogP contribution >= 0.6 is 0 Å². The molecule has 0 atom stereocenters. The molecule has 0 radical (unpaired) electrons. The van der Waals surface area contributed by atoms with Crippen molar-refractivity contribution in [1.82, 2.24) is 19.4 Å². The Morgan fingerprint density at radius 3 is 2.53 bits per heavy atom. The van der Waals surface area contributed by atoms with Crippen LogP contribution in [0.1, 0.15) is 43.3 Å². The summed E-state index contributed by atoms with van der Waals surface area (Å²) in [7, 11) is 0. The van der Waals surface area contributed by atoms with Gasteiger partial charge in [-0.25, -0.2) is 9.78 Å². The molecule has 0 saturated heterocycles. The number of nitrogens with one attached hydrogen (secondary N) is 1. The van der Waals surface area contributed by atoms with Gasteiger partial charge < -0.3 is 10.1 Å². The van der Waals surface area contributed by atoms with Crippen LogP contribution in [0, 0.1) is 6.92 Å². The molecule has 0 fully saturated rings. The van der Waals surface area contributed by atoms with Crippen molar-refractivity contribution >= 4 is 22.8 Å². The molecule has 0 spiro atoms. The highest BCUT2D eigenvalue weighted by atomic mass is 16.6. The fraction of sp³-hybridized carbons (Fsp3) is 0.296. The third-order valence-corrected chi connectivity index (χ3v) is 5.82. The van der Waals surface area contributed by atoms with Crippen molar-refractivity contribution in [1.29, 1.82) is 0 Å². The van der Waals surface area contributed by atoms with Gasteiger partial charge in [0.2, 0.25) is 5.95 Å². The molecule has 3 heterocycles. The molecule has 1 aliphatic rings. The van der Waals surface area contributed by atoms with E-state index in [1.807, 2.05) is 51.1 Å². The number of rotatable bonds is 4. The molecule has 1 amide bonds. The van der Waals surface area contributed by atoms with E-state index in [0.717, 1.165) is 39.2 Å². The number of amides is 1. The van der Waals surface area contributed by atoms with Crippen molar-refractivity contribution in [3.63, 3.8) is 0 Å². The minimum atomic E-state index is -0.557. The summed E-state index contributed by atoms with van der Waals surface area (Å²) in [6, 6.07) is 20.5. The molecule has 0 saturated carbocycles. The number of ether oxygens (including phenoxy) is 1. The predicted molar refractivity (Wildman–Crippen MR) is 133 cm³/mol. The molecule has 0 bridgehead atoms. The van der Waals surface area contributed by atoms with E-state index in [0.29, 0.717) is 25.6 Å². The standard InChI is InChI=1S/C27H29N5O2/c1-18-14-20-12-8-9-13-23(20)32(18)25-29-22-17-31(26(33)34-27(2,3)4)16-21(22)24(30-25)28-15-19-10-6-5-7-11-19/h5-14H,15-17H2,1-4H3,(H,28,29,30). The predicted octanol–water partition coefficient (Wildman–Crippen LogP) is 5.59. The summed E-state index contributed by atoms with van der Waals surface area (Å²) < 4.78 is 7.68. The lowest BCUT2D eigenvalue weighted by molar-refractivity contribution is 0.0241. The molecule has 0 unspecified atom stereocenters. The summed E-state index contributed by atoms with van der Waals surface area (Å²) in [6.45, 7) is 9.10. The van der Waals surface area contributed by atoms with Crippen molar-refractivity contribution in [3.05, 3.63) is 83.2 Å². The number of aryl methyl sites for hydroxylation is 1. The number of fused-ring (bicyclic) bond motifs is 2. The lowest BCUT2D eigenvalue weighted by Crippen LogP contribution is -2.33. The first-order chi connectivity index (χ1) is 16.3. The number of anilines is 1. The third kappa shape index (κ3) is 4.33. The van der Waals surface area contributed by atoms with Gasteiger partial charge in [0, 0.05) is 23.2 Å². The van der Waals surface area contributed by atoms with Crippen LogP contribution in [0.3, 0.4) is 0 Å². The van der Waals surface area contributed by atoms with E-state index in [1.54, 1.807) is 4.90 Å². The zero-order valence-corrected chi connectivity index (χ0v) is 20.0. The van der Waals surface area contributed by atoms with E-state index in [2.05, 4.69) is 47.1 Å². The number of hydrogen-bond donors (Lipinski definition) is 1. The topological polar surface area (TPSA) is 72.3 Å². The summed E-state index contributed by atoms with van der Waals surface area (Å²) in [6.07, 6.45) is -0.344. The first kappa shape index (κ1) is 21.9. The van der Waals surface area contributed by atoms with Crippen molar-refractivity contribution in [2.45, 2.75) is 52.9 Å². The number of benzene rings is 2. The Labute approximate surface area is 199 Å². The Balaban J connectivity index is 1.54. The summed E-state index contributed by atoms with van der Waals surface area (Å²) in [5.74, 6) is 1.34. The summed E-state index contributed by atoms with van der Waals surface area (Å²) in [5.41, 5.74) is 4.47. The Kier molecular flexibility index (Phi) is 5.48. The quantitative estimate of drug-likeness (QED) is 0.434. The van der Waals surface area contributed by atoms with E-state index < -0.39 is 5.60 Å². The van der Waals surface area contributed by atoms with Crippen LogP contribution in [0.15, 0.2) is 60.7 Å². The van der Waals surface area contributed by atoms with Crippen molar-refractivity contribution in [2.24, 2.45) is 0 Å². The molecular weight excluding hydrogens is 426 g/mol. The molecule has 4 aromatic rings. The minimum Gasteiger partial charge on any atom is -0.444 e. The maximum atomic E-state index is 12.8. The molecule has 1 N–H and O–H groups in total. The molecule has 7 nitrogen and oxygen atoms in total. The number of carbonyl (C=O) groups excluding carboxylic acids is 1. The molecule has 1 aliphatic heterocycles. The van der Waals surface area contributed by atoms with Crippen LogP contribution in [0.2, 0.25) is 0 Å². The normalized spacial score (nSPS) is 13.2. The number of nitrogens with zero attached hydrogens (tertiary/aromatic N) is 4. The van der Waals surface area contributed by atoms with E-state index >= 15 is 0 Å². The lowest BCUT2D eigenvalue weighted by atomic mass is 10.2. The average molecular weight is 456 g/mol. The second-order valence-electron chi connectivity index (χ2n) is 9.65. The van der Waals surface area contributed by atoms with E-state index in [-0.39, 0.29) is 6.09 Å². The van der Waals surface area contributed by atoms with Gasteiger partial charge in [0.15, 0.2) is 0 Å². The first-order valence-electron chi connectivity index (χ1n) is 11.5. The van der Waals surface area contributed by atoms with Crippen LogP contribution in [-0.4, -0.2) is 31.1 Å². The zero-order chi connectivity index (χ0) is 23.9. The van der Waals surface area contributed by atoms with Crippen LogP contribution in [0.25, 0.3) is 16.9 Å².